The first-order valence-corrected chi connectivity index (χ1v) is 7.40. The summed E-state index contributed by atoms with van der Waals surface area (Å²) < 4.78 is 0. The average molecular weight is 301 g/mol. The molecule has 0 spiro atoms. The summed E-state index contributed by atoms with van der Waals surface area (Å²) >= 11 is 13.6. The summed E-state index contributed by atoms with van der Waals surface area (Å²) in [5.41, 5.74) is 3.01. The molecule has 0 saturated carbocycles. The van der Waals surface area contributed by atoms with Crippen LogP contribution in [0.1, 0.15) is 29.8 Å². The normalized spacial score (nSPS) is 12.6. The summed E-state index contributed by atoms with van der Waals surface area (Å²) in [5.74, 6) is 0. The highest BCUT2D eigenvalue weighted by Crippen LogP contribution is 2.27. The lowest BCUT2D eigenvalue weighted by molar-refractivity contribution is 0.522. The maximum absolute atomic E-state index is 6.05. The van der Waals surface area contributed by atoms with E-state index in [4.69, 9.17) is 23.2 Å². The van der Waals surface area contributed by atoms with E-state index in [1.807, 2.05) is 29.9 Å². The van der Waals surface area contributed by atoms with Crippen molar-refractivity contribution in [3.8, 4) is 0 Å². The van der Waals surface area contributed by atoms with E-state index in [2.05, 4.69) is 17.2 Å². The van der Waals surface area contributed by atoms with Crippen molar-refractivity contribution in [1.29, 1.82) is 0 Å². The van der Waals surface area contributed by atoms with Crippen molar-refractivity contribution in [2.45, 2.75) is 25.9 Å². The van der Waals surface area contributed by atoms with Crippen molar-refractivity contribution < 1.29 is 0 Å². The van der Waals surface area contributed by atoms with Gasteiger partial charge in [0.05, 0.1) is 15.6 Å². The Balaban J connectivity index is 2.05. The lowest BCUT2D eigenvalue weighted by atomic mass is 10.0. The first kappa shape index (κ1) is 13.8. The van der Waals surface area contributed by atoms with E-state index >= 15 is 0 Å². The van der Waals surface area contributed by atoms with Crippen LogP contribution >= 0.6 is 34.5 Å². The van der Waals surface area contributed by atoms with Gasteiger partial charge in [-0.1, -0.05) is 36.2 Å². The van der Waals surface area contributed by atoms with Crippen LogP contribution in [0.5, 0.6) is 0 Å². The minimum absolute atomic E-state index is 0.280. The molecular formula is C13H14Cl2N2S. The number of nitrogens with one attached hydrogen (secondary N) is 1. The second-order valence-electron chi connectivity index (χ2n) is 3.98. The zero-order chi connectivity index (χ0) is 13.0. The molecule has 1 atom stereocenters. The number of thiazole rings is 1. The predicted octanol–water partition coefficient (Wildman–Crippen LogP) is 4.69. The van der Waals surface area contributed by atoms with Crippen LogP contribution in [0, 0.1) is 0 Å². The second-order valence-corrected chi connectivity index (χ2v) is 5.77. The van der Waals surface area contributed by atoms with E-state index in [0.29, 0.717) is 10.0 Å². The summed E-state index contributed by atoms with van der Waals surface area (Å²) in [4.78, 5) is 5.29. The van der Waals surface area contributed by atoms with Gasteiger partial charge in [0.2, 0.25) is 0 Å². The number of rotatable bonds is 5. The maximum atomic E-state index is 6.05. The van der Waals surface area contributed by atoms with Crippen LogP contribution < -0.4 is 5.32 Å². The van der Waals surface area contributed by atoms with E-state index in [0.717, 1.165) is 18.5 Å². The summed E-state index contributed by atoms with van der Waals surface area (Å²) in [6.45, 7) is 2.97. The number of hydrogen-bond acceptors (Lipinski definition) is 3. The third-order valence-electron chi connectivity index (χ3n) is 2.76. The first-order chi connectivity index (χ1) is 8.70. The Morgan fingerprint density at radius 2 is 2.17 bits per heavy atom. The molecule has 18 heavy (non-hydrogen) atoms. The van der Waals surface area contributed by atoms with Crippen molar-refractivity contribution in [2.24, 2.45) is 0 Å². The lowest BCUT2D eigenvalue weighted by Crippen LogP contribution is -2.19. The van der Waals surface area contributed by atoms with Crippen LogP contribution in [0.15, 0.2) is 29.9 Å². The van der Waals surface area contributed by atoms with Crippen molar-refractivity contribution >= 4 is 34.5 Å². The van der Waals surface area contributed by atoms with E-state index in [1.54, 1.807) is 11.3 Å². The van der Waals surface area contributed by atoms with Gasteiger partial charge < -0.3 is 5.32 Å². The minimum atomic E-state index is 0.280. The van der Waals surface area contributed by atoms with E-state index in [-0.39, 0.29) is 6.04 Å². The van der Waals surface area contributed by atoms with Gasteiger partial charge in [-0.15, -0.1) is 11.3 Å². The topological polar surface area (TPSA) is 24.9 Å². The fraction of sp³-hybridized carbons (Fsp3) is 0.308. The smallest absolute Gasteiger partial charge is 0.0794 e. The molecular weight excluding hydrogens is 287 g/mol. The molecule has 0 aliphatic heterocycles. The van der Waals surface area contributed by atoms with Crippen molar-refractivity contribution in [3.05, 3.63) is 50.4 Å². The molecule has 1 aromatic heterocycles. The van der Waals surface area contributed by atoms with Gasteiger partial charge in [-0.3, -0.25) is 4.98 Å². The summed E-state index contributed by atoms with van der Waals surface area (Å²) in [5, 5.41) is 4.70. The number of aromatic nitrogens is 1. The van der Waals surface area contributed by atoms with Crippen LogP contribution in [-0.4, -0.2) is 4.98 Å². The van der Waals surface area contributed by atoms with E-state index in [1.165, 1.54) is 4.88 Å². The fourth-order valence-corrected chi connectivity index (χ4v) is 2.63. The number of hydrogen-bond donors (Lipinski definition) is 1. The van der Waals surface area contributed by atoms with Gasteiger partial charge in [0.15, 0.2) is 0 Å². The van der Waals surface area contributed by atoms with Gasteiger partial charge >= 0.3 is 0 Å². The Morgan fingerprint density at radius 3 is 2.78 bits per heavy atom. The zero-order valence-electron chi connectivity index (χ0n) is 9.99. The van der Waals surface area contributed by atoms with Gasteiger partial charge in [0.1, 0.15) is 0 Å². The van der Waals surface area contributed by atoms with E-state index < -0.39 is 0 Å². The summed E-state index contributed by atoms with van der Waals surface area (Å²) in [7, 11) is 0. The molecule has 1 unspecified atom stereocenters. The molecule has 2 rings (SSSR count). The van der Waals surface area contributed by atoms with Gasteiger partial charge in [-0.25, -0.2) is 0 Å². The molecule has 0 bridgehead atoms. The molecule has 0 amide bonds. The molecule has 0 aliphatic rings. The molecule has 0 radical (unpaired) electrons. The highest BCUT2D eigenvalue weighted by atomic mass is 35.5. The number of nitrogens with zero attached hydrogens (tertiary/aromatic N) is 1. The predicted molar refractivity (Wildman–Crippen MR) is 78.4 cm³/mol. The Kier molecular flexibility index (Phi) is 5.01. The quantitative estimate of drug-likeness (QED) is 0.866. The zero-order valence-corrected chi connectivity index (χ0v) is 12.3. The molecule has 1 aromatic carbocycles. The lowest BCUT2D eigenvalue weighted by Gasteiger charge is -2.17. The van der Waals surface area contributed by atoms with Crippen molar-refractivity contribution in [3.63, 3.8) is 0 Å². The van der Waals surface area contributed by atoms with Crippen LogP contribution in [0.3, 0.4) is 0 Å². The molecule has 0 aliphatic carbocycles. The second kappa shape index (κ2) is 6.53. The van der Waals surface area contributed by atoms with Crippen LogP contribution in [-0.2, 0) is 6.54 Å². The van der Waals surface area contributed by atoms with Gasteiger partial charge in [0.25, 0.3) is 0 Å². The van der Waals surface area contributed by atoms with Crippen LogP contribution in [0.25, 0.3) is 0 Å². The number of benzene rings is 1. The SMILES string of the molecule is CCC(NCc1cncs1)c1ccc(Cl)c(Cl)c1. The maximum Gasteiger partial charge on any atom is 0.0794 e. The first-order valence-electron chi connectivity index (χ1n) is 5.76. The fourth-order valence-electron chi connectivity index (χ4n) is 1.78. The molecule has 96 valence electrons. The Bertz CT molecular complexity index is 500. The molecule has 1 heterocycles. The Morgan fingerprint density at radius 1 is 1.33 bits per heavy atom. The highest BCUT2D eigenvalue weighted by Gasteiger charge is 2.10. The summed E-state index contributed by atoms with van der Waals surface area (Å²) in [6.07, 6.45) is 2.88. The van der Waals surface area contributed by atoms with Crippen molar-refractivity contribution in [1.82, 2.24) is 10.3 Å². The van der Waals surface area contributed by atoms with Crippen molar-refractivity contribution in [2.75, 3.05) is 0 Å². The molecule has 0 fully saturated rings. The van der Waals surface area contributed by atoms with Gasteiger partial charge in [0, 0.05) is 23.7 Å². The standard InChI is InChI=1S/C13H14Cl2N2S/c1-2-13(17-7-10-6-16-8-18-10)9-3-4-11(14)12(15)5-9/h3-6,8,13,17H,2,7H2,1H3. The average Bonchev–Trinajstić information content (AvgIpc) is 2.87. The summed E-state index contributed by atoms with van der Waals surface area (Å²) in [6, 6.07) is 6.07. The Labute approximate surface area is 121 Å². The monoisotopic (exact) mass is 300 g/mol. The van der Waals surface area contributed by atoms with Gasteiger partial charge in [-0.05, 0) is 24.1 Å². The molecule has 5 heteroatoms. The van der Waals surface area contributed by atoms with Gasteiger partial charge in [-0.2, -0.15) is 0 Å². The molecule has 2 nitrogen and oxygen atoms in total. The Hall–Kier alpha value is -0.610. The van der Waals surface area contributed by atoms with Crippen LogP contribution in [0.4, 0.5) is 0 Å². The molecule has 1 N–H and O–H groups in total. The van der Waals surface area contributed by atoms with E-state index in [9.17, 15) is 0 Å². The highest BCUT2D eigenvalue weighted by molar-refractivity contribution is 7.09. The number of halogens is 2. The third kappa shape index (κ3) is 3.45. The largest absolute Gasteiger partial charge is 0.305 e. The third-order valence-corrected chi connectivity index (χ3v) is 4.28. The molecule has 0 saturated heterocycles. The molecule has 2 aromatic rings. The minimum Gasteiger partial charge on any atom is -0.305 e. The van der Waals surface area contributed by atoms with Crippen LogP contribution in [0.2, 0.25) is 10.0 Å².